The molecule has 5 heteroatoms. The van der Waals surface area contributed by atoms with Crippen LogP contribution in [0.3, 0.4) is 0 Å². The summed E-state index contributed by atoms with van der Waals surface area (Å²) in [6.45, 7) is 2.97. The lowest BCUT2D eigenvalue weighted by Crippen LogP contribution is -2.19. The lowest BCUT2D eigenvalue weighted by molar-refractivity contribution is 0.291. The van der Waals surface area contributed by atoms with Crippen LogP contribution in [-0.4, -0.2) is 14.5 Å². The van der Waals surface area contributed by atoms with Gasteiger partial charge in [-0.15, -0.1) is 0 Å². The zero-order chi connectivity index (χ0) is 16.2. The van der Waals surface area contributed by atoms with Crippen LogP contribution < -0.4 is 10.5 Å². The molecular formula is C18H19N3OS. The zero-order valence-electron chi connectivity index (χ0n) is 13.0. The summed E-state index contributed by atoms with van der Waals surface area (Å²) in [5, 5.41) is 0. The molecule has 4 nitrogen and oxygen atoms in total. The smallest absolute Gasteiger partial charge is 0.148 e. The fourth-order valence-corrected chi connectivity index (χ4v) is 2.70. The lowest BCUT2D eigenvalue weighted by atomic mass is 10.2. The summed E-state index contributed by atoms with van der Waals surface area (Å²) in [7, 11) is 0. The number of benzene rings is 2. The average Bonchev–Trinajstić information content (AvgIpc) is 2.90. The molecule has 3 aromatic rings. The van der Waals surface area contributed by atoms with Crippen LogP contribution in [0.25, 0.3) is 11.0 Å². The molecule has 0 unspecified atom stereocenters. The van der Waals surface area contributed by atoms with Gasteiger partial charge in [0.05, 0.1) is 22.6 Å². The zero-order valence-corrected chi connectivity index (χ0v) is 13.8. The molecule has 0 atom stereocenters. The van der Waals surface area contributed by atoms with Crippen molar-refractivity contribution in [3.63, 3.8) is 0 Å². The summed E-state index contributed by atoms with van der Waals surface area (Å²) in [5.74, 6) is 1.67. The number of aromatic nitrogens is 2. The summed E-state index contributed by atoms with van der Waals surface area (Å²) < 4.78 is 7.93. The standard InChI is InChI=1S/C18H19N3OS/c1-2-13-6-5-7-14(10-13)22-12-18-20-15-8-3-4-9-16(15)21(18)11-17(19)23/h3-10H,2,11-12H2,1H3,(H2,19,23). The second kappa shape index (κ2) is 6.79. The molecule has 3 rings (SSSR count). The van der Waals surface area contributed by atoms with Gasteiger partial charge in [-0.2, -0.15) is 0 Å². The molecule has 2 N–H and O–H groups in total. The topological polar surface area (TPSA) is 53.1 Å². The third-order valence-electron chi connectivity index (χ3n) is 3.72. The van der Waals surface area contributed by atoms with Crippen molar-refractivity contribution in [3.8, 4) is 5.75 Å². The van der Waals surface area contributed by atoms with Crippen molar-refractivity contribution >= 4 is 28.2 Å². The predicted molar refractivity (Wildman–Crippen MR) is 96.7 cm³/mol. The third kappa shape index (κ3) is 3.51. The molecule has 0 bridgehead atoms. The Morgan fingerprint density at radius 3 is 2.83 bits per heavy atom. The Morgan fingerprint density at radius 1 is 1.22 bits per heavy atom. The molecular weight excluding hydrogens is 306 g/mol. The number of hydrogen-bond acceptors (Lipinski definition) is 3. The minimum atomic E-state index is 0.379. The number of hydrogen-bond donors (Lipinski definition) is 1. The summed E-state index contributed by atoms with van der Waals surface area (Å²) in [6.07, 6.45) is 0.983. The van der Waals surface area contributed by atoms with E-state index in [-0.39, 0.29) is 0 Å². The Balaban J connectivity index is 1.88. The van der Waals surface area contributed by atoms with Crippen LogP contribution >= 0.6 is 12.2 Å². The van der Waals surface area contributed by atoms with Crippen LogP contribution in [0.2, 0.25) is 0 Å². The van der Waals surface area contributed by atoms with Gasteiger partial charge in [-0.1, -0.05) is 43.4 Å². The number of rotatable bonds is 6. The maximum atomic E-state index is 5.92. The van der Waals surface area contributed by atoms with Gasteiger partial charge in [0.1, 0.15) is 18.2 Å². The van der Waals surface area contributed by atoms with Gasteiger partial charge >= 0.3 is 0 Å². The van der Waals surface area contributed by atoms with Gasteiger partial charge in [-0.05, 0) is 36.2 Å². The van der Waals surface area contributed by atoms with Crippen LogP contribution in [0, 0.1) is 0 Å². The van der Waals surface area contributed by atoms with E-state index in [1.165, 1.54) is 5.56 Å². The number of fused-ring (bicyclic) bond motifs is 1. The highest BCUT2D eigenvalue weighted by molar-refractivity contribution is 7.80. The maximum absolute atomic E-state index is 5.92. The monoisotopic (exact) mass is 325 g/mol. The molecule has 0 spiro atoms. The molecule has 0 saturated carbocycles. The SMILES string of the molecule is CCc1cccc(OCc2nc3ccccc3n2CC(N)=S)c1. The molecule has 0 aliphatic rings. The molecule has 0 amide bonds. The molecule has 1 heterocycles. The van der Waals surface area contributed by atoms with Crippen LogP contribution in [0.4, 0.5) is 0 Å². The van der Waals surface area contributed by atoms with E-state index in [1.54, 1.807) is 0 Å². The highest BCUT2D eigenvalue weighted by atomic mass is 32.1. The number of nitrogens with two attached hydrogens (primary N) is 1. The van der Waals surface area contributed by atoms with E-state index >= 15 is 0 Å². The van der Waals surface area contributed by atoms with Crippen molar-refractivity contribution in [2.75, 3.05) is 0 Å². The number of ether oxygens (including phenoxy) is 1. The first-order chi connectivity index (χ1) is 11.2. The van der Waals surface area contributed by atoms with E-state index in [0.717, 1.165) is 29.0 Å². The lowest BCUT2D eigenvalue weighted by Gasteiger charge is -2.10. The van der Waals surface area contributed by atoms with E-state index in [9.17, 15) is 0 Å². The number of aryl methyl sites for hydroxylation is 1. The minimum Gasteiger partial charge on any atom is -0.486 e. The average molecular weight is 325 g/mol. The quantitative estimate of drug-likeness (QED) is 0.705. The molecule has 0 radical (unpaired) electrons. The van der Waals surface area contributed by atoms with Crippen molar-refractivity contribution < 1.29 is 4.74 Å². The van der Waals surface area contributed by atoms with E-state index < -0.39 is 0 Å². The first kappa shape index (κ1) is 15.5. The fourth-order valence-electron chi connectivity index (χ4n) is 2.57. The first-order valence-electron chi connectivity index (χ1n) is 7.61. The molecule has 0 saturated heterocycles. The maximum Gasteiger partial charge on any atom is 0.148 e. The van der Waals surface area contributed by atoms with Crippen LogP contribution in [0.15, 0.2) is 48.5 Å². The number of imidazole rings is 1. The summed E-state index contributed by atoms with van der Waals surface area (Å²) >= 11 is 5.06. The second-order valence-corrected chi connectivity index (χ2v) is 5.88. The molecule has 0 fully saturated rings. The Hall–Kier alpha value is -2.40. The predicted octanol–water partition coefficient (Wildman–Crippen LogP) is 3.46. The fraction of sp³-hybridized carbons (Fsp3) is 0.222. The van der Waals surface area contributed by atoms with Crippen molar-refractivity contribution in [1.82, 2.24) is 9.55 Å². The minimum absolute atomic E-state index is 0.379. The normalized spacial score (nSPS) is 10.8. The van der Waals surface area contributed by atoms with E-state index in [0.29, 0.717) is 18.1 Å². The summed E-state index contributed by atoms with van der Waals surface area (Å²) in [5.41, 5.74) is 8.92. The molecule has 1 aromatic heterocycles. The van der Waals surface area contributed by atoms with Crippen LogP contribution in [0.1, 0.15) is 18.3 Å². The Bertz CT molecular complexity index is 841. The van der Waals surface area contributed by atoms with E-state index in [4.69, 9.17) is 22.7 Å². The van der Waals surface area contributed by atoms with Crippen LogP contribution in [-0.2, 0) is 19.6 Å². The van der Waals surface area contributed by atoms with Gasteiger partial charge in [-0.25, -0.2) is 4.98 Å². The molecule has 118 valence electrons. The van der Waals surface area contributed by atoms with Crippen molar-refractivity contribution in [2.24, 2.45) is 5.73 Å². The number of nitrogens with zero attached hydrogens (tertiary/aromatic N) is 2. The van der Waals surface area contributed by atoms with E-state index in [1.807, 2.05) is 41.0 Å². The second-order valence-electron chi connectivity index (χ2n) is 5.36. The number of para-hydroxylation sites is 2. The molecule has 23 heavy (non-hydrogen) atoms. The van der Waals surface area contributed by atoms with Crippen molar-refractivity contribution in [3.05, 3.63) is 59.9 Å². The largest absolute Gasteiger partial charge is 0.486 e. The summed E-state index contributed by atoms with van der Waals surface area (Å²) in [6, 6.07) is 16.1. The Kier molecular flexibility index (Phi) is 4.57. The van der Waals surface area contributed by atoms with Gasteiger partial charge < -0.3 is 15.0 Å². The van der Waals surface area contributed by atoms with Crippen molar-refractivity contribution in [2.45, 2.75) is 26.5 Å². The van der Waals surface area contributed by atoms with Gasteiger partial charge in [-0.3, -0.25) is 0 Å². The highest BCUT2D eigenvalue weighted by Gasteiger charge is 2.11. The van der Waals surface area contributed by atoms with Gasteiger partial charge in [0, 0.05) is 0 Å². The first-order valence-corrected chi connectivity index (χ1v) is 8.02. The number of thiocarbonyl (C=S) groups is 1. The Labute approximate surface area is 140 Å². The van der Waals surface area contributed by atoms with E-state index in [2.05, 4.69) is 24.0 Å². The summed E-state index contributed by atoms with van der Waals surface area (Å²) in [4.78, 5) is 5.08. The van der Waals surface area contributed by atoms with Gasteiger partial charge in [0.15, 0.2) is 0 Å². The highest BCUT2D eigenvalue weighted by Crippen LogP contribution is 2.19. The third-order valence-corrected chi connectivity index (χ3v) is 3.85. The van der Waals surface area contributed by atoms with Gasteiger partial charge in [0.2, 0.25) is 0 Å². The van der Waals surface area contributed by atoms with Crippen molar-refractivity contribution in [1.29, 1.82) is 0 Å². The molecule has 0 aliphatic carbocycles. The van der Waals surface area contributed by atoms with Gasteiger partial charge in [0.25, 0.3) is 0 Å². The van der Waals surface area contributed by atoms with Crippen LogP contribution in [0.5, 0.6) is 5.75 Å². The molecule has 2 aromatic carbocycles. The molecule has 0 aliphatic heterocycles. The Morgan fingerprint density at radius 2 is 2.04 bits per heavy atom.